The van der Waals surface area contributed by atoms with E-state index in [2.05, 4.69) is 16.9 Å². The molecule has 148 valence electrons. The lowest BCUT2D eigenvalue weighted by molar-refractivity contribution is -0.131. The number of hydrogen-bond acceptors (Lipinski definition) is 6. The van der Waals surface area contributed by atoms with Crippen molar-refractivity contribution in [3.05, 3.63) is 76.5 Å². The number of carbonyl (C=O) groups excluding carboxylic acids is 2. The second-order valence-corrected chi connectivity index (χ2v) is 8.22. The molecule has 29 heavy (non-hydrogen) atoms. The van der Waals surface area contributed by atoms with E-state index in [-0.39, 0.29) is 12.5 Å². The Balaban J connectivity index is 1.34. The van der Waals surface area contributed by atoms with E-state index in [1.165, 1.54) is 4.88 Å². The van der Waals surface area contributed by atoms with Crippen LogP contribution in [0.15, 0.2) is 70.9 Å². The molecule has 1 atom stereocenters. The molecule has 2 N–H and O–H groups in total. The molecule has 0 bridgehead atoms. The molecule has 1 aliphatic rings. The lowest BCUT2D eigenvalue weighted by Crippen LogP contribution is -2.50. The summed E-state index contributed by atoms with van der Waals surface area (Å²) in [5.74, 6) is 1.01. The van der Waals surface area contributed by atoms with Crippen LogP contribution in [0.25, 0.3) is 0 Å². The first kappa shape index (κ1) is 19.4. The van der Waals surface area contributed by atoms with Crippen molar-refractivity contribution in [2.45, 2.75) is 16.8 Å². The predicted octanol–water partition coefficient (Wildman–Crippen LogP) is 3.64. The standard InChI is InChI=1S/C21H18N2O4S2/c24-20(15-7-1-4-10-19(15)29-13-14-6-5-11-28-14)22-23-21(25)18-12-26-16-8-2-3-9-17(16)27-18/h1-11,18H,12-13H2,(H,22,24)(H,23,25). The number of fused-ring (bicyclic) bond motifs is 1. The van der Waals surface area contributed by atoms with Gasteiger partial charge in [-0.1, -0.05) is 30.3 Å². The zero-order valence-electron chi connectivity index (χ0n) is 15.3. The Morgan fingerprint density at radius 1 is 1.00 bits per heavy atom. The van der Waals surface area contributed by atoms with Gasteiger partial charge in [0.15, 0.2) is 11.5 Å². The lowest BCUT2D eigenvalue weighted by atomic mass is 10.2. The summed E-state index contributed by atoms with van der Waals surface area (Å²) in [5, 5.41) is 2.03. The quantitative estimate of drug-likeness (QED) is 0.481. The van der Waals surface area contributed by atoms with E-state index in [9.17, 15) is 9.59 Å². The smallest absolute Gasteiger partial charge is 0.283 e. The maximum Gasteiger partial charge on any atom is 0.283 e. The minimum atomic E-state index is -0.839. The normalized spacial score (nSPS) is 14.8. The van der Waals surface area contributed by atoms with Crippen molar-refractivity contribution in [3.8, 4) is 11.5 Å². The number of para-hydroxylation sites is 2. The number of carbonyl (C=O) groups is 2. The summed E-state index contributed by atoms with van der Waals surface area (Å²) >= 11 is 3.26. The molecule has 1 unspecified atom stereocenters. The van der Waals surface area contributed by atoms with Crippen molar-refractivity contribution in [2.24, 2.45) is 0 Å². The Bertz CT molecular complexity index is 1010. The fraction of sp³-hybridized carbons (Fsp3) is 0.143. The molecule has 0 saturated heterocycles. The lowest BCUT2D eigenvalue weighted by Gasteiger charge is -2.25. The first-order valence-corrected chi connectivity index (χ1v) is 10.8. The number of thiophene rings is 1. The average Bonchev–Trinajstić information content (AvgIpc) is 3.29. The highest BCUT2D eigenvalue weighted by molar-refractivity contribution is 7.98. The summed E-state index contributed by atoms with van der Waals surface area (Å²) in [6.45, 7) is 0.0754. The molecule has 8 heteroatoms. The van der Waals surface area contributed by atoms with Crippen molar-refractivity contribution in [2.75, 3.05) is 6.61 Å². The summed E-state index contributed by atoms with van der Waals surface area (Å²) in [6, 6.07) is 18.5. The first-order chi connectivity index (χ1) is 14.2. The summed E-state index contributed by atoms with van der Waals surface area (Å²) in [5.41, 5.74) is 5.40. The number of nitrogens with one attached hydrogen (secondary N) is 2. The molecule has 2 amide bonds. The van der Waals surface area contributed by atoms with E-state index in [1.807, 2.05) is 29.6 Å². The van der Waals surface area contributed by atoms with Crippen LogP contribution in [0.1, 0.15) is 15.2 Å². The summed E-state index contributed by atoms with van der Waals surface area (Å²) in [6.07, 6.45) is -0.839. The molecule has 0 radical (unpaired) electrons. The molecule has 0 saturated carbocycles. The van der Waals surface area contributed by atoms with E-state index in [1.54, 1.807) is 53.4 Å². The molecule has 0 fully saturated rings. The van der Waals surface area contributed by atoms with E-state index in [0.717, 1.165) is 10.6 Å². The van der Waals surface area contributed by atoms with E-state index in [4.69, 9.17) is 9.47 Å². The van der Waals surface area contributed by atoms with Crippen LogP contribution in [-0.2, 0) is 10.5 Å². The molecular formula is C21H18N2O4S2. The third kappa shape index (κ3) is 4.72. The van der Waals surface area contributed by atoms with Crippen molar-refractivity contribution in [1.82, 2.24) is 10.9 Å². The van der Waals surface area contributed by atoms with E-state index in [0.29, 0.717) is 17.1 Å². The summed E-state index contributed by atoms with van der Waals surface area (Å²) in [4.78, 5) is 27.1. The van der Waals surface area contributed by atoms with Gasteiger partial charge in [-0.2, -0.15) is 0 Å². The Morgan fingerprint density at radius 3 is 2.62 bits per heavy atom. The largest absolute Gasteiger partial charge is 0.485 e. The number of ether oxygens (including phenoxy) is 2. The maximum absolute atomic E-state index is 12.6. The number of benzene rings is 2. The predicted molar refractivity (Wildman–Crippen MR) is 112 cm³/mol. The summed E-state index contributed by atoms with van der Waals surface area (Å²) < 4.78 is 11.2. The van der Waals surface area contributed by atoms with Crippen molar-refractivity contribution in [1.29, 1.82) is 0 Å². The molecule has 6 nitrogen and oxygen atoms in total. The van der Waals surface area contributed by atoms with Crippen LogP contribution in [0.4, 0.5) is 0 Å². The van der Waals surface area contributed by atoms with Gasteiger partial charge in [0.1, 0.15) is 6.61 Å². The van der Waals surface area contributed by atoms with Crippen LogP contribution in [-0.4, -0.2) is 24.5 Å². The Labute approximate surface area is 176 Å². The van der Waals surface area contributed by atoms with E-state index < -0.39 is 12.0 Å². The first-order valence-electron chi connectivity index (χ1n) is 8.93. The van der Waals surface area contributed by atoms with Crippen molar-refractivity contribution < 1.29 is 19.1 Å². The molecule has 4 rings (SSSR count). The molecule has 1 aromatic heterocycles. The minimum absolute atomic E-state index is 0.0754. The van der Waals surface area contributed by atoms with Gasteiger partial charge in [-0.05, 0) is 35.7 Å². The van der Waals surface area contributed by atoms with E-state index >= 15 is 0 Å². The average molecular weight is 427 g/mol. The highest BCUT2D eigenvalue weighted by Gasteiger charge is 2.27. The van der Waals surface area contributed by atoms with Gasteiger partial charge in [-0.25, -0.2) is 0 Å². The van der Waals surface area contributed by atoms with Gasteiger partial charge in [0.2, 0.25) is 6.10 Å². The van der Waals surface area contributed by atoms with Crippen LogP contribution < -0.4 is 20.3 Å². The van der Waals surface area contributed by atoms with Crippen LogP contribution in [0, 0.1) is 0 Å². The monoisotopic (exact) mass is 426 g/mol. The Morgan fingerprint density at radius 2 is 1.79 bits per heavy atom. The molecule has 2 aromatic carbocycles. The number of hydrazine groups is 1. The molecular weight excluding hydrogens is 408 g/mol. The van der Waals surface area contributed by atoms with Crippen molar-refractivity contribution >= 4 is 34.9 Å². The van der Waals surface area contributed by atoms with Gasteiger partial charge in [0, 0.05) is 15.5 Å². The van der Waals surface area contributed by atoms with Gasteiger partial charge in [0.25, 0.3) is 11.8 Å². The summed E-state index contributed by atoms with van der Waals surface area (Å²) in [7, 11) is 0. The molecule has 1 aliphatic heterocycles. The van der Waals surface area contributed by atoms with Gasteiger partial charge < -0.3 is 9.47 Å². The number of hydrogen-bond donors (Lipinski definition) is 2. The molecule has 2 heterocycles. The van der Waals surface area contributed by atoms with Gasteiger partial charge in [-0.15, -0.1) is 23.1 Å². The zero-order valence-corrected chi connectivity index (χ0v) is 16.9. The van der Waals surface area contributed by atoms with Crippen LogP contribution in [0.3, 0.4) is 0 Å². The second kappa shape index (κ2) is 9.02. The SMILES string of the molecule is O=C(NNC(=O)C1COc2ccccc2O1)c1ccccc1SCc1cccs1. The van der Waals surface area contributed by atoms with Gasteiger partial charge in [0.05, 0.1) is 5.56 Å². The highest BCUT2D eigenvalue weighted by atomic mass is 32.2. The fourth-order valence-electron chi connectivity index (χ4n) is 2.74. The minimum Gasteiger partial charge on any atom is -0.485 e. The Hall–Kier alpha value is -2.97. The molecule has 3 aromatic rings. The van der Waals surface area contributed by atoms with Crippen molar-refractivity contribution in [3.63, 3.8) is 0 Å². The van der Waals surface area contributed by atoms with Crippen LogP contribution >= 0.6 is 23.1 Å². The number of rotatable bonds is 5. The van der Waals surface area contributed by atoms with Crippen LogP contribution in [0.5, 0.6) is 11.5 Å². The zero-order chi connectivity index (χ0) is 20.1. The fourth-order valence-corrected chi connectivity index (χ4v) is 4.56. The number of amides is 2. The molecule has 0 aliphatic carbocycles. The maximum atomic E-state index is 12.6. The van der Waals surface area contributed by atoms with Gasteiger partial charge >= 0.3 is 0 Å². The highest BCUT2D eigenvalue weighted by Crippen LogP contribution is 2.31. The van der Waals surface area contributed by atoms with Gasteiger partial charge in [-0.3, -0.25) is 20.4 Å². The third-order valence-electron chi connectivity index (χ3n) is 4.18. The number of thioether (sulfide) groups is 1. The third-order valence-corrected chi connectivity index (χ3v) is 6.36. The topological polar surface area (TPSA) is 76.7 Å². The van der Waals surface area contributed by atoms with Crippen LogP contribution in [0.2, 0.25) is 0 Å². The molecule has 0 spiro atoms. The Kier molecular flexibility index (Phi) is 6.02. The second-order valence-electron chi connectivity index (χ2n) is 6.17.